The summed E-state index contributed by atoms with van der Waals surface area (Å²) in [4.78, 5) is 0. The van der Waals surface area contributed by atoms with Crippen LogP contribution in [0.1, 0.15) is 102 Å². The average molecular weight is 477 g/mol. The Morgan fingerprint density at radius 2 is 1.11 bits per heavy atom. The molecule has 0 aromatic heterocycles. The SMILES string of the molecule is C.CC(C)=CC1CC(C=C(C)C)C2C(C)=CCC12.CC(C)=CC1CC(C=C(C)C)C2CC(C)=CC12. The summed E-state index contributed by atoms with van der Waals surface area (Å²) in [7, 11) is 0. The Morgan fingerprint density at radius 1 is 0.657 bits per heavy atom. The minimum atomic E-state index is 0. The normalized spacial score (nSPS) is 34.2. The summed E-state index contributed by atoms with van der Waals surface area (Å²) in [5.41, 5.74) is 9.17. The maximum absolute atomic E-state index is 2.55. The van der Waals surface area contributed by atoms with Gasteiger partial charge in [-0.25, -0.2) is 0 Å². The van der Waals surface area contributed by atoms with Crippen LogP contribution in [0.2, 0.25) is 0 Å². The first kappa shape index (κ1) is 29.7. The molecule has 4 aliphatic rings. The van der Waals surface area contributed by atoms with Crippen LogP contribution in [0.5, 0.6) is 0 Å². The van der Waals surface area contributed by atoms with Gasteiger partial charge in [-0.1, -0.05) is 77.3 Å². The van der Waals surface area contributed by atoms with Crippen molar-refractivity contribution < 1.29 is 0 Å². The Labute approximate surface area is 219 Å². The predicted molar refractivity (Wildman–Crippen MR) is 158 cm³/mol. The first-order chi connectivity index (χ1) is 16.0. The molecule has 0 N–H and O–H groups in total. The smallest absolute Gasteiger partial charge is 0.0106 e. The van der Waals surface area contributed by atoms with Gasteiger partial charge in [0, 0.05) is 0 Å². The van der Waals surface area contributed by atoms with E-state index in [1.807, 2.05) is 0 Å². The molecule has 0 amide bonds. The van der Waals surface area contributed by atoms with Crippen LogP contribution >= 0.6 is 0 Å². The summed E-state index contributed by atoms with van der Waals surface area (Å²) in [6, 6.07) is 0. The third-order valence-electron chi connectivity index (χ3n) is 8.56. The van der Waals surface area contributed by atoms with Gasteiger partial charge in [-0.3, -0.25) is 0 Å². The molecule has 8 unspecified atom stereocenters. The first-order valence-corrected chi connectivity index (χ1v) is 13.9. The minimum absolute atomic E-state index is 0. The molecule has 2 saturated carbocycles. The van der Waals surface area contributed by atoms with E-state index < -0.39 is 0 Å². The summed E-state index contributed by atoms with van der Waals surface area (Å²) in [6.07, 6.45) is 20.4. The Morgan fingerprint density at radius 3 is 1.66 bits per heavy atom. The molecule has 0 bridgehead atoms. The van der Waals surface area contributed by atoms with E-state index in [-0.39, 0.29) is 7.43 Å². The molecule has 0 heterocycles. The summed E-state index contributed by atoms with van der Waals surface area (Å²) in [6.45, 7) is 22.5. The van der Waals surface area contributed by atoms with E-state index >= 15 is 0 Å². The maximum Gasteiger partial charge on any atom is -0.0106 e. The molecule has 4 rings (SSSR count). The standard InChI is InChI=1S/2C17H26.CH4/c1-11(2)6-14-10-15(7-12(3)4)17-9-13(5)8-16(14)17;1-11(2)8-14-10-15(9-12(3)4)17-13(5)6-7-16(14)17;/h6-8,14-17H,9-10H2,1-5H3;6,8-9,14-17H,7,10H2,1-5H3;1H4. The summed E-state index contributed by atoms with van der Waals surface area (Å²) < 4.78 is 0. The lowest BCUT2D eigenvalue weighted by atomic mass is 9.85. The summed E-state index contributed by atoms with van der Waals surface area (Å²) in [5, 5.41) is 0. The molecule has 0 heteroatoms. The molecule has 0 aromatic carbocycles. The highest BCUT2D eigenvalue weighted by Crippen LogP contribution is 2.53. The van der Waals surface area contributed by atoms with Gasteiger partial charge in [0.15, 0.2) is 0 Å². The second-order valence-corrected chi connectivity index (χ2v) is 12.9. The molecule has 8 atom stereocenters. The highest BCUT2D eigenvalue weighted by atomic mass is 14.5. The fraction of sp³-hybridized carbons (Fsp3) is 0.657. The highest BCUT2D eigenvalue weighted by Gasteiger charge is 2.44. The van der Waals surface area contributed by atoms with Gasteiger partial charge in [0.1, 0.15) is 0 Å². The Hall–Kier alpha value is -1.56. The van der Waals surface area contributed by atoms with Crippen molar-refractivity contribution >= 4 is 0 Å². The van der Waals surface area contributed by atoms with Crippen molar-refractivity contribution in [1.29, 1.82) is 0 Å². The molecular weight excluding hydrogens is 420 g/mol. The van der Waals surface area contributed by atoms with Gasteiger partial charge in [0.05, 0.1) is 0 Å². The molecule has 35 heavy (non-hydrogen) atoms. The third kappa shape index (κ3) is 7.47. The number of hydrogen-bond acceptors (Lipinski definition) is 0. The monoisotopic (exact) mass is 476 g/mol. The largest absolute Gasteiger partial charge is 0.0850 e. The van der Waals surface area contributed by atoms with Crippen LogP contribution in [-0.2, 0) is 0 Å². The molecule has 2 fully saturated rings. The highest BCUT2D eigenvalue weighted by molar-refractivity contribution is 5.25. The van der Waals surface area contributed by atoms with Crippen LogP contribution in [0.25, 0.3) is 0 Å². The second kappa shape index (κ2) is 12.6. The lowest BCUT2D eigenvalue weighted by Crippen LogP contribution is -2.12. The minimum Gasteiger partial charge on any atom is -0.0850 e. The van der Waals surface area contributed by atoms with Crippen LogP contribution < -0.4 is 0 Å². The zero-order chi connectivity index (χ0) is 25.2. The van der Waals surface area contributed by atoms with E-state index in [1.165, 1.54) is 48.0 Å². The van der Waals surface area contributed by atoms with Gasteiger partial charge in [-0.05, 0) is 142 Å². The van der Waals surface area contributed by atoms with Gasteiger partial charge in [-0.15, -0.1) is 0 Å². The number of fused-ring (bicyclic) bond motifs is 2. The van der Waals surface area contributed by atoms with Crippen LogP contribution in [0.4, 0.5) is 0 Å². The van der Waals surface area contributed by atoms with Crippen molar-refractivity contribution in [2.24, 2.45) is 47.3 Å². The van der Waals surface area contributed by atoms with Crippen molar-refractivity contribution in [2.75, 3.05) is 0 Å². The predicted octanol–water partition coefficient (Wildman–Crippen LogP) is 10.9. The molecular formula is C35H56. The second-order valence-electron chi connectivity index (χ2n) is 12.9. The quantitative estimate of drug-likeness (QED) is 0.354. The van der Waals surface area contributed by atoms with E-state index in [2.05, 4.69) is 106 Å². The molecule has 196 valence electrons. The van der Waals surface area contributed by atoms with Crippen molar-refractivity contribution in [3.63, 3.8) is 0 Å². The molecule has 4 aliphatic carbocycles. The van der Waals surface area contributed by atoms with E-state index in [0.29, 0.717) is 0 Å². The van der Waals surface area contributed by atoms with Crippen molar-refractivity contribution in [1.82, 2.24) is 0 Å². The fourth-order valence-electron chi connectivity index (χ4n) is 7.67. The molecule has 0 saturated heterocycles. The van der Waals surface area contributed by atoms with Gasteiger partial charge in [-0.2, -0.15) is 0 Å². The van der Waals surface area contributed by atoms with Crippen LogP contribution in [0, 0.1) is 47.3 Å². The van der Waals surface area contributed by atoms with E-state index in [9.17, 15) is 0 Å². The zero-order valence-corrected chi connectivity index (χ0v) is 23.9. The van der Waals surface area contributed by atoms with E-state index in [4.69, 9.17) is 0 Å². The van der Waals surface area contributed by atoms with E-state index in [0.717, 1.165) is 47.3 Å². The van der Waals surface area contributed by atoms with Crippen LogP contribution in [-0.4, -0.2) is 0 Å². The summed E-state index contributed by atoms with van der Waals surface area (Å²) in [5.74, 6) is 6.57. The number of rotatable bonds is 4. The first-order valence-electron chi connectivity index (χ1n) is 13.9. The molecule has 0 aromatic rings. The van der Waals surface area contributed by atoms with Gasteiger partial charge < -0.3 is 0 Å². The lowest BCUT2D eigenvalue weighted by Gasteiger charge is -2.19. The third-order valence-corrected chi connectivity index (χ3v) is 8.56. The fourth-order valence-corrected chi connectivity index (χ4v) is 7.67. The Balaban J connectivity index is 0.000000240. The Kier molecular flexibility index (Phi) is 10.7. The zero-order valence-electron chi connectivity index (χ0n) is 23.9. The average Bonchev–Trinajstić information content (AvgIpc) is 3.41. The molecule has 0 radical (unpaired) electrons. The van der Waals surface area contributed by atoms with Crippen molar-refractivity contribution in [3.8, 4) is 0 Å². The van der Waals surface area contributed by atoms with Gasteiger partial charge >= 0.3 is 0 Å². The van der Waals surface area contributed by atoms with Crippen molar-refractivity contribution in [2.45, 2.75) is 102 Å². The van der Waals surface area contributed by atoms with E-state index in [1.54, 1.807) is 11.1 Å². The maximum atomic E-state index is 2.55. The van der Waals surface area contributed by atoms with Crippen LogP contribution in [0.3, 0.4) is 0 Å². The van der Waals surface area contributed by atoms with Gasteiger partial charge in [0.25, 0.3) is 0 Å². The van der Waals surface area contributed by atoms with Gasteiger partial charge in [0.2, 0.25) is 0 Å². The Bertz CT molecular complexity index is 880. The number of hydrogen-bond donors (Lipinski definition) is 0. The lowest BCUT2D eigenvalue weighted by molar-refractivity contribution is 0.400. The number of allylic oxidation sites excluding steroid dienone is 12. The van der Waals surface area contributed by atoms with Crippen LogP contribution in [0.15, 0.2) is 69.9 Å². The topological polar surface area (TPSA) is 0 Å². The molecule has 0 aliphatic heterocycles. The summed E-state index contributed by atoms with van der Waals surface area (Å²) >= 11 is 0. The van der Waals surface area contributed by atoms with Crippen molar-refractivity contribution in [3.05, 3.63) is 69.9 Å². The molecule has 0 nitrogen and oxygen atoms in total. The molecule has 0 spiro atoms.